The summed E-state index contributed by atoms with van der Waals surface area (Å²) < 4.78 is 5.53. The van der Waals surface area contributed by atoms with E-state index in [4.69, 9.17) is 10.5 Å². The van der Waals surface area contributed by atoms with Crippen molar-refractivity contribution in [1.29, 1.82) is 0 Å². The highest BCUT2D eigenvalue weighted by Crippen LogP contribution is 2.28. The molecule has 1 heterocycles. The van der Waals surface area contributed by atoms with Crippen LogP contribution in [-0.4, -0.2) is 11.6 Å². The highest BCUT2D eigenvalue weighted by molar-refractivity contribution is 5.68. The average molecular weight is 242 g/mol. The molecule has 18 heavy (non-hydrogen) atoms. The van der Waals surface area contributed by atoms with Crippen molar-refractivity contribution in [3.63, 3.8) is 0 Å². The van der Waals surface area contributed by atoms with Crippen LogP contribution in [0, 0.1) is 0 Å². The first-order valence-corrected chi connectivity index (χ1v) is 6.16. The molecule has 2 N–H and O–H groups in total. The van der Waals surface area contributed by atoms with Crippen LogP contribution < -0.4 is 10.5 Å². The third-order valence-electron chi connectivity index (χ3n) is 2.80. The minimum atomic E-state index is 0.0549. The van der Waals surface area contributed by atoms with Crippen molar-refractivity contribution in [2.45, 2.75) is 19.9 Å². The Bertz CT molecular complexity index is 506. The summed E-state index contributed by atoms with van der Waals surface area (Å²) in [4.78, 5) is 4.26. The van der Waals surface area contributed by atoms with E-state index in [1.165, 1.54) is 0 Å². The van der Waals surface area contributed by atoms with Gasteiger partial charge in [-0.15, -0.1) is 0 Å². The van der Waals surface area contributed by atoms with Crippen molar-refractivity contribution in [2.75, 3.05) is 6.61 Å². The van der Waals surface area contributed by atoms with Gasteiger partial charge in [-0.1, -0.05) is 24.3 Å². The van der Waals surface area contributed by atoms with Gasteiger partial charge in [0.05, 0.1) is 6.61 Å². The molecule has 0 aliphatic rings. The smallest absolute Gasteiger partial charge is 0.221 e. The van der Waals surface area contributed by atoms with E-state index in [9.17, 15) is 0 Å². The maximum Gasteiger partial charge on any atom is 0.221 e. The van der Waals surface area contributed by atoms with Crippen LogP contribution in [0.4, 0.5) is 0 Å². The first-order chi connectivity index (χ1) is 8.72. The maximum absolute atomic E-state index is 5.84. The lowest BCUT2D eigenvalue weighted by Crippen LogP contribution is -2.04. The predicted octanol–water partition coefficient (Wildman–Crippen LogP) is 3.17. The number of nitrogens with zero attached hydrogens (tertiary/aromatic N) is 1. The number of nitrogens with two attached hydrogens (primary N) is 1. The zero-order chi connectivity index (χ0) is 13.0. The Labute approximate surface area is 108 Å². The third kappa shape index (κ3) is 2.68. The van der Waals surface area contributed by atoms with Crippen molar-refractivity contribution >= 4 is 0 Å². The highest BCUT2D eigenvalue weighted by Gasteiger charge is 2.07. The Morgan fingerprint density at radius 2 is 1.94 bits per heavy atom. The van der Waals surface area contributed by atoms with E-state index in [0.29, 0.717) is 12.5 Å². The van der Waals surface area contributed by atoms with Crippen LogP contribution in [0.1, 0.15) is 25.5 Å². The lowest BCUT2D eigenvalue weighted by Gasteiger charge is -2.10. The summed E-state index contributed by atoms with van der Waals surface area (Å²) in [6, 6.07) is 12.2. The van der Waals surface area contributed by atoms with Gasteiger partial charge in [-0.3, -0.25) is 0 Å². The van der Waals surface area contributed by atoms with Gasteiger partial charge in [0.2, 0.25) is 5.88 Å². The summed E-state index contributed by atoms with van der Waals surface area (Å²) >= 11 is 0. The molecule has 0 saturated heterocycles. The van der Waals surface area contributed by atoms with Gasteiger partial charge in [0.15, 0.2) is 0 Å². The van der Waals surface area contributed by atoms with Crippen molar-refractivity contribution in [2.24, 2.45) is 5.73 Å². The molecule has 2 rings (SSSR count). The van der Waals surface area contributed by atoms with E-state index >= 15 is 0 Å². The lowest BCUT2D eigenvalue weighted by molar-refractivity contribution is 0.328. The Kier molecular flexibility index (Phi) is 3.95. The Morgan fingerprint density at radius 1 is 1.22 bits per heavy atom. The topological polar surface area (TPSA) is 48.1 Å². The van der Waals surface area contributed by atoms with Crippen LogP contribution in [0.2, 0.25) is 0 Å². The number of pyridine rings is 1. The molecule has 3 nitrogen and oxygen atoms in total. The van der Waals surface area contributed by atoms with Crippen molar-refractivity contribution in [3.05, 3.63) is 48.2 Å². The van der Waals surface area contributed by atoms with Gasteiger partial charge in [-0.2, -0.15) is 0 Å². The molecule has 0 amide bonds. The number of benzene rings is 1. The Balaban J connectivity index is 2.36. The number of rotatable bonds is 4. The maximum atomic E-state index is 5.84. The fourth-order valence-electron chi connectivity index (χ4n) is 1.83. The lowest BCUT2D eigenvalue weighted by atomic mass is 10.0. The third-order valence-corrected chi connectivity index (χ3v) is 2.80. The molecule has 0 fully saturated rings. The van der Waals surface area contributed by atoms with Gasteiger partial charge in [0, 0.05) is 17.8 Å². The summed E-state index contributed by atoms with van der Waals surface area (Å²) in [6.45, 7) is 4.55. The number of aromatic nitrogens is 1. The van der Waals surface area contributed by atoms with E-state index in [2.05, 4.69) is 17.1 Å². The van der Waals surface area contributed by atoms with Crippen molar-refractivity contribution < 1.29 is 4.74 Å². The molecule has 0 bridgehead atoms. The van der Waals surface area contributed by atoms with Gasteiger partial charge in [0.1, 0.15) is 0 Å². The summed E-state index contributed by atoms with van der Waals surface area (Å²) in [7, 11) is 0. The molecular formula is C15H18N2O. The number of ether oxygens (including phenoxy) is 1. The Hall–Kier alpha value is -1.87. The van der Waals surface area contributed by atoms with Gasteiger partial charge >= 0.3 is 0 Å². The van der Waals surface area contributed by atoms with Crippen LogP contribution >= 0.6 is 0 Å². The number of hydrogen-bond donors (Lipinski definition) is 1. The number of hydrogen-bond acceptors (Lipinski definition) is 3. The van der Waals surface area contributed by atoms with Crippen molar-refractivity contribution in [1.82, 2.24) is 4.98 Å². The standard InChI is InChI=1S/C15H18N2O/c1-3-18-15-14(5-4-10-17-15)13-8-6-12(7-9-13)11(2)16/h4-11H,3,16H2,1-2H3. The first kappa shape index (κ1) is 12.6. The van der Waals surface area contributed by atoms with Crippen LogP contribution in [0.25, 0.3) is 11.1 Å². The molecule has 1 aromatic carbocycles. The average Bonchev–Trinajstić information content (AvgIpc) is 2.40. The van der Waals surface area contributed by atoms with Gasteiger partial charge < -0.3 is 10.5 Å². The van der Waals surface area contributed by atoms with E-state index in [-0.39, 0.29) is 6.04 Å². The zero-order valence-corrected chi connectivity index (χ0v) is 10.8. The second-order valence-corrected chi connectivity index (χ2v) is 4.20. The van der Waals surface area contributed by atoms with E-state index in [0.717, 1.165) is 16.7 Å². The molecule has 0 saturated carbocycles. The molecule has 2 aromatic rings. The molecular weight excluding hydrogens is 224 g/mol. The minimum absolute atomic E-state index is 0.0549. The summed E-state index contributed by atoms with van der Waals surface area (Å²) in [5.41, 5.74) is 9.07. The fraction of sp³-hybridized carbons (Fsp3) is 0.267. The summed E-state index contributed by atoms with van der Waals surface area (Å²) in [5.74, 6) is 0.675. The first-order valence-electron chi connectivity index (χ1n) is 6.16. The van der Waals surface area contributed by atoms with E-state index in [1.54, 1.807) is 6.20 Å². The van der Waals surface area contributed by atoms with Gasteiger partial charge in [-0.25, -0.2) is 4.98 Å². The molecule has 3 heteroatoms. The SMILES string of the molecule is CCOc1ncccc1-c1ccc(C(C)N)cc1. The second kappa shape index (κ2) is 5.65. The predicted molar refractivity (Wildman–Crippen MR) is 73.4 cm³/mol. The van der Waals surface area contributed by atoms with Crippen LogP contribution in [-0.2, 0) is 0 Å². The normalized spacial score (nSPS) is 12.2. The van der Waals surface area contributed by atoms with E-state index in [1.807, 2.05) is 38.1 Å². The molecule has 1 unspecified atom stereocenters. The molecule has 0 spiro atoms. The van der Waals surface area contributed by atoms with Crippen LogP contribution in [0.15, 0.2) is 42.6 Å². The molecule has 0 radical (unpaired) electrons. The highest BCUT2D eigenvalue weighted by atomic mass is 16.5. The van der Waals surface area contributed by atoms with E-state index < -0.39 is 0 Å². The fourth-order valence-corrected chi connectivity index (χ4v) is 1.83. The quantitative estimate of drug-likeness (QED) is 0.895. The molecule has 94 valence electrons. The van der Waals surface area contributed by atoms with Crippen LogP contribution in [0.3, 0.4) is 0 Å². The van der Waals surface area contributed by atoms with Gasteiger partial charge in [-0.05, 0) is 37.1 Å². The van der Waals surface area contributed by atoms with Crippen molar-refractivity contribution in [3.8, 4) is 17.0 Å². The molecule has 0 aliphatic heterocycles. The minimum Gasteiger partial charge on any atom is -0.478 e. The van der Waals surface area contributed by atoms with Gasteiger partial charge in [0.25, 0.3) is 0 Å². The summed E-state index contributed by atoms with van der Waals surface area (Å²) in [5, 5.41) is 0. The molecule has 1 atom stereocenters. The molecule has 0 aliphatic carbocycles. The largest absolute Gasteiger partial charge is 0.478 e. The summed E-state index contributed by atoms with van der Waals surface area (Å²) in [6.07, 6.45) is 1.74. The van der Waals surface area contributed by atoms with Crippen LogP contribution in [0.5, 0.6) is 5.88 Å². The second-order valence-electron chi connectivity index (χ2n) is 4.20. The monoisotopic (exact) mass is 242 g/mol. The molecule has 1 aromatic heterocycles. The zero-order valence-electron chi connectivity index (χ0n) is 10.8. The Morgan fingerprint density at radius 3 is 2.56 bits per heavy atom.